The zero-order valence-electron chi connectivity index (χ0n) is 10.7. The summed E-state index contributed by atoms with van der Waals surface area (Å²) in [6.45, 7) is 1.83. The predicted octanol–water partition coefficient (Wildman–Crippen LogP) is 5.05. The van der Waals surface area contributed by atoms with Gasteiger partial charge in [-0.25, -0.2) is 0 Å². The van der Waals surface area contributed by atoms with Gasteiger partial charge in [-0.2, -0.15) is 0 Å². The van der Waals surface area contributed by atoms with Gasteiger partial charge in [0.25, 0.3) is 0 Å². The van der Waals surface area contributed by atoms with Crippen molar-refractivity contribution in [1.82, 2.24) is 5.32 Å². The molecule has 1 saturated carbocycles. The fraction of sp³-hybridized carbons (Fsp3) is 0.600. The van der Waals surface area contributed by atoms with Crippen LogP contribution in [0.15, 0.2) is 18.2 Å². The molecule has 1 aromatic carbocycles. The largest absolute Gasteiger partial charge is 0.313 e. The Balaban J connectivity index is 1.71. The second-order valence-electron chi connectivity index (χ2n) is 5.17. The van der Waals surface area contributed by atoms with Crippen LogP contribution in [0.5, 0.6) is 0 Å². The fourth-order valence-electron chi connectivity index (χ4n) is 2.70. The van der Waals surface area contributed by atoms with Gasteiger partial charge in [0.05, 0.1) is 0 Å². The van der Waals surface area contributed by atoms with E-state index in [1.54, 1.807) is 0 Å². The standard InChI is InChI=1S/C15H21Cl2N/c16-14-7-4-8-15(17)13(14)11-18-10-9-12-5-2-1-3-6-12/h4,7-8,12,18H,1-3,5-6,9-11H2. The van der Waals surface area contributed by atoms with Crippen LogP contribution in [0, 0.1) is 5.92 Å². The van der Waals surface area contributed by atoms with Crippen molar-refractivity contribution < 1.29 is 0 Å². The molecule has 1 nitrogen and oxygen atoms in total. The summed E-state index contributed by atoms with van der Waals surface area (Å²) in [7, 11) is 0. The van der Waals surface area contributed by atoms with E-state index in [1.165, 1.54) is 38.5 Å². The smallest absolute Gasteiger partial charge is 0.0465 e. The Labute approximate surface area is 120 Å². The first-order valence-corrected chi connectivity index (χ1v) is 7.66. The highest BCUT2D eigenvalue weighted by Crippen LogP contribution is 2.26. The molecule has 1 N–H and O–H groups in total. The van der Waals surface area contributed by atoms with E-state index in [0.717, 1.165) is 34.6 Å². The highest BCUT2D eigenvalue weighted by Gasteiger charge is 2.12. The monoisotopic (exact) mass is 285 g/mol. The predicted molar refractivity (Wildman–Crippen MR) is 79.4 cm³/mol. The maximum Gasteiger partial charge on any atom is 0.0465 e. The third-order valence-corrected chi connectivity index (χ3v) is 4.53. The molecule has 0 saturated heterocycles. The molecule has 0 heterocycles. The minimum absolute atomic E-state index is 0.757. The average molecular weight is 286 g/mol. The van der Waals surface area contributed by atoms with Gasteiger partial charge in [-0.05, 0) is 31.0 Å². The molecule has 0 atom stereocenters. The lowest BCUT2D eigenvalue weighted by molar-refractivity contribution is 0.334. The Kier molecular flexibility index (Phi) is 5.81. The maximum atomic E-state index is 6.13. The van der Waals surface area contributed by atoms with Crippen molar-refractivity contribution in [3.8, 4) is 0 Å². The number of nitrogens with one attached hydrogen (secondary N) is 1. The zero-order valence-corrected chi connectivity index (χ0v) is 12.2. The molecule has 1 aliphatic rings. The lowest BCUT2D eigenvalue weighted by atomic mass is 9.87. The van der Waals surface area contributed by atoms with Crippen LogP contribution in [0.2, 0.25) is 10.0 Å². The van der Waals surface area contributed by atoms with Crippen LogP contribution in [-0.4, -0.2) is 6.54 Å². The van der Waals surface area contributed by atoms with E-state index in [1.807, 2.05) is 18.2 Å². The number of hydrogen-bond acceptors (Lipinski definition) is 1. The summed E-state index contributed by atoms with van der Waals surface area (Å²) in [6.07, 6.45) is 8.37. The summed E-state index contributed by atoms with van der Waals surface area (Å²) in [4.78, 5) is 0. The van der Waals surface area contributed by atoms with Crippen molar-refractivity contribution in [2.75, 3.05) is 6.54 Å². The summed E-state index contributed by atoms with van der Waals surface area (Å²) in [6, 6.07) is 5.67. The fourth-order valence-corrected chi connectivity index (χ4v) is 3.23. The number of hydrogen-bond donors (Lipinski definition) is 1. The molecule has 1 aliphatic carbocycles. The Morgan fingerprint density at radius 1 is 1.06 bits per heavy atom. The third kappa shape index (κ3) is 4.15. The molecule has 0 amide bonds. The number of benzene rings is 1. The van der Waals surface area contributed by atoms with E-state index >= 15 is 0 Å². The van der Waals surface area contributed by atoms with Gasteiger partial charge in [0.2, 0.25) is 0 Å². The van der Waals surface area contributed by atoms with Crippen LogP contribution < -0.4 is 5.32 Å². The molecule has 1 aromatic rings. The van der Waals surface area contributed by atoms with E-state index in [0.29, 0.717) is 0 Å². The molecule has 0 unspecified atom stereocenters. The molecular formula is C15H21Cl2N. The van der Waals surface area contributed by atoms with E-state index in [4.69, 9.17) is 23.2 Å². The minimum atomic E-state index is 0.757. The topological polar surface area (TPSA) is 12.0 Å². The van der Waals surface area contributed by atoms with Gasteiger partial charge in [-0.3, -0.25) is 0 Å². The lowest BCUT2D eigenvalue weighted by Gasteiger charge is -2.21. The highest BCUT2D eigenvalue weighted by atomic mass is 35.5. The first kappa shape index (κ1) is 14.2. The number of halogens is 2. The third-order valence-electron chi connectivity index (χ3n) is 3.82. The zero-order chi connectivity index (χ0) is 12.8. The van der Waals surface area contributed by atoms with Crippen molar-refractivity contribution in [3.63, 3.8) is 0 Å². The molecular weight excluding hydrogens is 265 g/mol. The van der Waals surface area contributed by atoms with Crippen molar-refractivity contribution >= 4 is 23.2 Å². The molecule has 1 fully saturated rings. The number of rotatable bonds is 5. The van der Waals surface area contributed by atoms with Gasteiger partial charge in [0.15, 0.2) is 0 Å². The van der Waals surface area contributed by atoms with Gasteiger partial charge in [-0.1, -0.05) is 61.4 Å². The van der Waals surface area contributed by atoms with Gasteiger partial charge in [-0.15, -0.1) is 0 Å². The van der Waals surface area contributed by atoms with Crippen molar-refractivity contribution in [3.05, 3.63) is 33.8 Å². The first-order valence-electron chi connectivity index (χ1n) is 6.91. The molecule has 0 bridgehead atoms. The van der Waals surface area contributed by atoms with Crippen LogP contribution in [-0.2, 0) is 6.54 Å². The van der Waals surface area contributed by atoms with Crippen molar-refractivity contribution in [1.29, 1.82) is 0 Å². The Bertz CT molecular complexity index is 353. The van der Waals surface area contributed by atoms with E-state index in [9.17, 15) is 0 Å². The Hall–Kier alpha value is -0.240. The SMILES string of the molecule is Clc1cccc(Cl)c1CNCCC1CCCCC1. The lowest BCUT2D eigenvalue weighted by Crippen LogP contribution is -2.19. The van der Waals surface area contributed by atoms with Crippen LogP contribution in [0.1, 0.15) is 44.1 Å². The second kappa shape index (κ2) is 7.37. The summed E-state index contributed by atoms with van der Waals surface area (Å²) >= 11 is 12.3. The van der Waals surface area contributed by atoms with Crippen LogP contribution in [0.4, 0.5) is 0 Å². The molecule has 2 rings (SSSR count). The van der Waals surface area contributed by atoms with Gasteiger partial charge in [0, 0.05) is 22.2 Å². The van der Waals surface area contributed by atoms with Gasteiger partial charge >= 0.3 is 0 Å². The quantitative estimate of drug-likeness (QED) is 0.746. The van der Waals surface area contributed by atoms with Crippen LogP contribution in [0.25, 0.3) is 0 Å². The molecule has 0 aromatic heterocycles. The minimum Gasteiger partial charge on any atom is -0.313 e. The summed E-state index contributed by atoms with van der Waals surface area (Å²) in [5.41, 5.74) is 1.02. The van der Waals surface area contributed by atoms with Crippen LogP contribution in [0.3, 0.4) is 0 Å². The molecule has 18 heavy (non-hydrogen) atoms. The summed E-state index contributed by atoms with van der Waals surface area (Å²) < 4.78 is 0. The highest BCUT2D eigenvalue weighted by molar-refractivity contribution is 6.35. The first-order chi connectivity index (χ1) is 8.77. The van der Waals surface area contributed by atoms with E-state index in [-0.39, 0.29) is 0 Å². The van der Waals surface area contributed by atoms with Gasteiger partial charge < -0.3 is 5.32 Å². The van der Waals surface area contributed by atoms with E-state index < -0.39 is 0 Å². The van der Waals surface area contributed by atoms with E-state index in [2.05, 4.69) is 5.32 Å². The normalized spacial score (nSPS) is 17.0. The molecule has 0 spiro atoms. The van der Waals surface area contributed by atoms with Crippen molar-refractivity contribution in [2.24, 2.45) is 5.92 Å². The molecule has 0 aliphatic heterocycles. The van der Waals surface area contributed by atoms with Crippen molar-refractivity contribution in [2.45, 2.75) is 45.1 Å². The maximum absolute atomic E-state index is 6.13. The van der Waals surface area contributed by atoms with Crippen LogP contribution >= 0.6 is 23.2 Å². The summed E-state index contributed by atoms with van der Waals surface area (Å²) in [5.74, 6) is 0.924. The second-order valence-corrected chi connectivity index (χ2v) is 5.98. The summed E-state index contributed by atoms with van der Waals surface area (Å²) in [5, 5.41) is 4.98. The molecule has 0 radical (unpaired) electrons. The molecule has 100 valence electrons. The van der Waals surface area contributed by atoms with Gasteiger partial charge in [0.1, 0.15) is 0 Å². The molecule has 3 heteroatoms. The Morgan fingerprint density at radius 2 is 1.72 bits per heavy atom. The average Bonchev–Trinajstić information content (AvgIpc) is 2.38. The Morgan fingerprint density at radius 3 is 2.39 bits per heavy atom.